The standard InChI is InChI=1S/C18H17ClN4O2/c1-13(24)22-8-10-23(11-9-22)18-16(12-20)21-17(25-18)7-4-14-2-5-15(19)6-3-14/h2-7H,8-11H2,1H3. The maximum absolute atomic E-state index is 11.4. The van der Waals surface area contributed by atoms with Crippen LogP contribution < -0.4 is 4.90 Å². The minimum Gasteiger partial charge on any atom is -0.420 e. The maximum Gasteiger partial charge on any atom is 0.235 e. The van der Waals surface area contributed by atoms with E-state index in [9.17, 15) is 10.1 Å². The lowest BCUT2D eigenvalue weighted by molar-refractivity contribution is -0.129. The van der Waals surface area contributed by atoms with Gasteiger partial charge in [0.1, 0.15) is 6.07 Å². The molecule has 2 aromatic rings. The van der Waals surface area contributed by atoms with Gasteiger partial charge in [-0.15, -0.1) is 0 Å². The van der Waals surface area contributed by atoms with Crippen molar-refractivity contribution in [1.29, 1.82) is 5.26 Å². The first-order valence-electron chi connectivity index (χ1n) is 7.92. The number of hydrogen-bond donors (Lipinski definition) is 0. The summed E-state index contributed by atoms with van der Waals surface area (Å²) in [5.74, 6) is 0.890. The van der Waals surface area contributed by atoms with E-state index in [1.807, 2.05) is 23.1 Å². The molecular formula is C18H17ClN4O2. The smallest absolute Gasteiger partial charge is 0.235 e. The summed E-state index contributed by atoms with van der Waals surface area (Å²) in [6, 6.07) is 9.45. The average Bonchev–Trinajstić information content (AvgIpc) is 3.04. The molecule has 0 radical (unpaired) electrons. The van der Waals surface area contributed by atoms with Crippen LogP contribution in [0.15, 0.2) is 28.7 Å². The van der Waals surface area contributed by atoms with E-state index < -0.39 is 0 Å². The van der Waals surface area contributed by atoms with Gasteiger partial charge in [0.15, 0.2) is 0 Å². The second kappa shape index (κ2) is 7.41. The number of piperazine rings is 1. The second-order valence-electron chi connectivity index (χ2n) is 5.70. The predicted molar refractivity (Wildman–Crippen MR) is 96.1 cm³/mol. The highest BCUT2D eigenvalue weighted by Gasteiger charge is 2.24. The van der Waals surface area contributed by atoms with Crippen LogP contribution in [0, 0.1) is 11.3 Å². The number of anilines is 1. The highest BCUT2D eigenvalue weighted by Crippen LogP contribution is 2.24. The van der Waals surface area contributed by atoms with E-state index in [1.165, 1.54) is 0 Å². The van der Waals surface area contributed by atoms with Gasteiger partial charge in [0, 0.05) is 44.2 Å². The van der Waals surface area contributed by atoms with Crippen LogP contribution in [-0.4, -0.2) is 42.0 Å². The van der Waals surface area contributed by atoms with Crippen LogP contribution in [0.25, 0.3) is 12.2 Å². The third-order valence-electron chi connectivity index (χ3n) is 4.03. The first kappa shape index (κ1) is 17.1. The number of amides is 1. The van der Waals surface area contributed by atoms with Gasteiger partial charge >= 0.3 is 0 Å². The number of carbonyl (C=O) groups excluding carboxylic acids is 1. The first-order valence-corrected chi connectivity index (χ1v) is 8.29. The lowest BCUT2D eigenvalue weighted by atomic mass is 10.2. The Morgan fingerprint density at radius 2 is 1.92 bits per heavy atom. The topological polar surface area (TPSA) is 73.4 Å². The SMILES string of the molecule is CC(=O)N1CCN(c2oc(C=Cc3ccc(Cl)cc3)nc2C#N)CC1. The molecule has 128 valence electrons. The minimum atomic E-state index is 0.0595. The molecule has 0 unspecified atom stereocenters. The number of halogens is 1. The molecule has 2 heterocycles. The largest absolute Gasteiger partial charge is 0.420 e. The number of nitriles is 1. The fraction of sp³-hybridized carbons (Fsp3) is 0.278. The first-order chi connectivity index (χ1) is 12.1. The fourth-order valence-corrected chi connectivity index (χ4v) is 2.78. The van der Waals surface area contributed by atoms with Crippen LogP contribution in [0.5, 0.6) is 0 Å². The number of carbonyl (C=O) groups is 1. The summed E-state index contributed by atoms with van der Waals surface area (Å²) in [7, 11) is 0. The van der Waals surface area contributed by atoms with Gasteiger partial charge in [-0.3, -0.25) is 4.79 Å². The Morgan fingerprint density at radius 3 is 2.52 bits per heavy atom. The Balaban J connectivity index is 1.75. The second-order valence-corrected chi connectivity index (χ2v) is 6.13. The van der Waals surface area contributed by atoms with Gasteiger partial charge in [0.05, 0.1) is 0 Å². The Bertz CT molecular complexity index is 828. The van der Waals surface area contributed by atoms with Crippen molar-refractivity contribution in [2.45, 2.75) is 6.92 Å². The van der Waals surface area contributed by atoms with Gasteiger partial charge in [-0.1, -0.05) is 23.7 Å². The van der Waals surface area contributed by atoms with Crippen molar-refractivity contribution in [1.82, 2.24) is 9.88 Å². The monoisotopic (exact) mass is 356 g/mol. The highest BCUT2D eigenvalue weighted by atomic mass is 35.5. The number of nitrogens with zero attached hydrogens (tertiary/aromatic N) is 4. The van der Waals surface area contributed by atoms with Gasteiger partial charge < -0.3 is 14.2 Å². The molecule has 6 nitrogen and oxygen atoms in total. The molecule has 1 aliphatic rings. The van der Waals surface area contributed by atoms with Crippen molar-refractivity contribution in [2.24, 2.45) is 0 Å². The van der Waals surface area contributed by atoms with Gasteiger partial charge in [0.2, 0.25) is 23.4 Å². The molecule has 0 spiro atoms. The number of rotatable bonds is 3. The Hall–Kier alpha value is -2.78. The van der Waals surface area contributed by atoms with E-state index in [2.05, 4.69) is 11.1 Å². The molecule has 1 fully saturated rings. The molecule has 1 aliphatic heterocycles. The van der Waals surface area contributed by atoms with Crippen LogP contribution in [0.4, 0.5) is 5.88 Å². The highest BCUT2D eigenvalue weighted by molar-refractivity contribution is 6.30. The Kier molecular flexibility index (Phi) is 5.05. The summed E-state index contributed by atoms with van der Waals surface area (Å²) < 4.78 is 5.76. The van der Waals surface area contributed by atoms with Crippen molar-refractivity contribution in [3.8, 4) is 6.07 Å². The zero-order chi connectivity index (χ0) is 17.8. The van der Waals surface area contributed by atoms with E-state index in [4.69, 9.17) is 16.0 Å². The van der Waals surface area contributed by atoms with Crippen LogP contribution in [0.3, 0.4) is 0 Å². The molecule has 1 amide bonds. The molecule has 0 aliphatic carbocycles. The van der Waals surface area contributed by atoms with Crippen molar-refractivity contribution >= 4 is 35.5 Å². The molecule has 0 N–H and O–H groups in total. The number of aromatic nitrogens is 1. The zero-order valence-corrected chi connectivity index (χ0v) is 14.5. The molecule has 0 atom stereocenters. The Labute approximate surface area is 150 Å². The summed E-state index contributed by atoms with van der Waals surface area (Å²) in [6.07, 6.45) is 3.57. The van der Waals surface area contributed by atoms with Gasteiger partial charge in [0.25, 0.3) is 0 Å². The third-order valence-corrected chi connectivity index (χ3v) is 4.28. The van der Waals surface area contributed by atoms with Crippen LogP contribution >= 0.6 is 11.6 Å². The van der Waals surface area contributed by atoms with E-state index in [-0.39, 0.29) is 11.6 Å². The molecule has 0 bridgehead atoms. The van der Waals surface area contributed by atoms with Gasteiger partial charge in [-0.25, -0.2) is 0 Å². The van der Waals surface area contributed by atoms with Crippen LogP contribution in [0.1, 0.15) is 24.1 Å². The molecule has 25 heavy (non-hydrogen) atoms. The van der Waals surface area contributed by atoms with Crippen LogP contribution in [-0.2, 0) is 4.79 Å². The summed E-state index contributed by atoms with van der Waals surface area (Å²) >= 11 is 5.87. The van der Waals surface area contributed by atoms with Gasteiger partial charge in [-0.2, -0.15) is 10.2 Å². The third kappa shape index (κ3) is 4.01. The summed E-state index contributed by atoms with van der Waals surface area (Å²) in [5, 5.41) is 9.99. The van der Waals surface area contributed by atoms with E-state index in [1.54, 1.807) is 30.0 Å². The average molecular weight is 357 g/mol. The molecule has 1 aromatic heterocycles. The van der Waals surface area contributed by atoms with E-state index in [0.717, 1.165) is 5.56 Å². The quantitative estimate of drug-likeness (QED) is 0.845. The molecule has 1 aromatic carbocycles. The lowest BCUT2D eigenvalue weighted by Crippen LogP contribution is -2.48. The van der Waals surface area contributed by atoms with E-state index >= 15 is 0 Å². The number of oxazole rings is 1. The zero-order valence-electron chi connectivity index (χ0n) is 13.8. The summed E-state index contributed by atoms with van der Waals surface area (Å²) in [4.78, 5) is 19.4. The minimum absolute atomic E-state index is 0.0595. The molecule has 7 heteroatoms. The molecule has 0 saturated carbocycles. The Morgan fingerprint density at radius 1 is 1.24 bits per heavy atom. The van der Waals surface area contributed by atoms with Crippen molar-refractivity contribution in [3.05, 3.63) is 46.4 Å². The molecule has 3 rings (SSSR count). The predicted octanol–water partition coefficient (Wildman–Crippen LogP) is 3.04. The summed E-state index contributed by atoms with van der Waals surface area (Å²) in [6.45, 7) is 4.01. The number of benzene rings is 1. The number of hydrogen-bond acceptors (Lipinski definition) is 5. The summed E-state index contributed by atoms with van der Waals surface area (Å²) in [5.41, 5.74) is 1.21. The lowest BCUT2D eigenvalue weighted by Gasteiger charge is -2.33. The van der Waals surface area contributed by atoms with Gasteiger partial charge in [-0.05, 0) is 23.8 Å². The van der Waals surface area contributed by atoms with Crippen molar-refractivity contribution < 1.29 is 9.21 Å². The van der Waals surface area contributed by atoms with Crippen molar-refractivity contribution in [2.75, 3.05) is 31.1 Å². The maximum atomic E-state index is 11.4. The molecular weight excluding hydrogens is 340 g/mol. The van der Waals surface area contributed by atoms with Crippen LogP contribution in [0.2, 0.25) is 5.02 Å². The van der Waals surface area contributed by atoms with Crippen molar-refractivity contribution in [3.63, 3.8) is 0 Å². The fourth-order valence-electron chi connectivity index (χ4n) is 2.65. The normalized spacial score (nSPS) is 14.8. The molecule has 1 saturated heterocycles. The van der Waals surface area contributed by atoms with E-state index in [0.29, 0.717) is 43.0 Å².